The molecule has 1 unspecified atom stereocenters. The number of anilines is 1. The van der Waals surface area contributed by atoms with E-state index in [1.54, 1.807) is 12.1 Å². The number of hydrogen-bond acceptors (Lipinski definition) is 3. The zero-order valence-electron chi connectivity index (χ0n) is 13.5. The molecule has 122 valence electrons. The molecule has 0 fully saturated rings. The lowest BCUT2D eigenvalue weighted by atomic mass is 10.0. The van der Waals surface area contributed by atoms with Crippen molar-refractivity contribution in [3.05, 3.63) is 59.7 Å². The van der Waals surface area contributed by atoms with Gasteiger partial charge in [-0.05, 0) is 35.6 Å². The van der Waals surface area contributed by atoms with Gasteiger partial charge in [-0.3, -0.25) is 4.79 Å². The molecule has 0 heterocycles. The first-order valence-electron chi connectivity index (χ1n) is 7.79. The smallest absolute Gasteiger partial charge is 0.227 e. The number of phenols is 1. The van der Waals surface area contributed by atoms with Crippen molar-refractivity contribution < 1.29 is 15.0 Å². The first-order valence-corrected chi connectivity index (χ1v) is 7.79. The second-order valence-corrected chi connectivity index (χ2v) is 6.08. The van der Waals surface area contributed by atoms with Crippen LogP contribution in [0.3, 0.4) is 0 Å². The van der Waals surface area contributed by atoms with E-state index in [9.17, 15) is 15.0 Å². The minimum Gasteiger partial charge on any atom is -0.506 e. The maximum absolute atomic E-state index is 12.0. The van der Waals surface area contributed by atoms with E-state index >= 15 is 0 Å². The van der Waals surface area contributed by atoms with Crippen LogP contribution in [0, 0.1) is 5.92 Å². The van der Waals surface area contributed by atoms with Crippen molar-refractivity contribution in [1.29, 1.82) is 0 Å². The van der Waals surface area contributed by atoms with E-state index in [1.165, 1.54) is 0 Å². The van der Waals surface area contributed by atoms with Gasteiger partial charge >= 0.3 is 0 Å². The largest absolute Gasteiger partial charge is 0.506 e. The van der Waals surface area contributed by atoms with Gasteiger partial charge in [0.25, 0.3) is 0 Å². The van der Waals surface area contributed by atoms with Gasteiger partial charge in [0, 0.05) is 0 Å². The van der Waals surface area contributed by atoms with Crippen molar-refractivity contribution in [3.8, 4) is 5.75 Å². The molecule has 0 aliphatic carbocycles. The number of aliphatic hydroxyl groups excluding tert-OH is 1. The third kappa shape index (κ3) is 5.11. The Bertz CT molecular complexity index is 653. The van der Waals surface area contributed by atoms with Crippen molar-refractivity contribution in [2.75, 3.05) is 5.32 Å². The Morgan fingerprint density at radius 2 is 1.78 bits per heavy atom. The molecule has 0 aliphatic heterocycles. The van der Waals surface area contributed by atoms with Crippen LogP contribution in [-0.2, 0) is 11.2 Å². The van der Waals surface area contributed by atoms with Gasteiger partial charge in [0.05, 0.1) is 18.2 Å². The molecule has 4 heteroatoms. The maximum Gasteiger partial charge on any atom is 0.227 e. The number of carbonyl (C=O) groups excluding carboxylic acids is 1. The standard InChI is InChI=1S/C19H23NO3/c1-13(2)18(22)12-19(23)20-16-11-15(8-9-17(16)21)10-14-6-4-3-5-7-14/h3-9,11,13,18,21-22H,10,12H2,1-2H3,(H,20,23). The molecule has 4 nitrogen and oxygen atoms in total. The van der Waals surface area contributed by atoms with Crippen LogP contribution in [-0.4, -0.2) is 22.2 Å². The molecule has 2 rings (SSSR count). The summed E-state index contributed by atoms with van der Waals surface area (Å²) < 4.78 is 0. The zero-order chi connectivity index (χ0) is 16.8. The van der Waals surface area contributed by atoms with E-state index in [0.717, 1.165) is 17.5 Å². The van der Waals surface area contributed by atoms with Crippen LogP contribution in [0.5, 0.6) is 5.75 Å². The summed E-state index contributed by atoms with van der Waals surface area (Å²) in [7, 11) is 0. The summed E-state index contributed by atoms with van der Waals surface area (Å²) >= 11 is 0. The normalized spacial score (nSPS) is 12.2. The van der Waals surface area contributed by atoms with E-state index < -0.39 is 6.10 Å². The number of carbonyl (C=O) groups is 1. The predicted octanol–water partition coefficient (Wildman–Crippen LogP) is 3.33. The molecule has 0 spiro atoms. The Hall–Kier alpha value is -2.33. The third-order valence-electron chi connectivity index (χ3n) is 3.75. The van der Waals surface area contributed by atoms with Gasteiger partial charge in [-0.1, -0.05) is 50.2 Å². The summed E-state index contributed by atoms with van der Waals surface area (Å²) in [5, 5.41) is 22.4. The SMILES string of the molecule is CC(C)C(O)CC(=O)Nc1cc(Cc2ccccc2)ccc1O. The number of aromatic hydroxyl groups is 1. The minimum absolute atomic E-state index is 0.0127. The van der Waals surface area contributed by atoms with Crippen LogP contribution in [0.15, 0.2) is 48.5 Å². The Balaban J connectivity index is 2.07. The van der Waals surface area contributed by atoms with E-state index in [4.69, 9.17) is 0 Å². The average molecular weight is 313 g/mol. The number of rotatable bonds is 6. The van der Waals surface area contributed by atoms with Crippen LogP contribution in [0.4, 0.5) is 5.69 Å². The van der Waals surface area contributed by atoms with Crippen molar-refractivity contribution in [3.63, 3.8) is 0 Å². The second-order valence-electron chi connectivity index (χ2n) is 6.08. The van der Waals surface area contributed by atoms with Gasteiger partial charge in [-0.25, -0.2) is 0 Å². The topological polar surface area (TPSA) is 69.6 Å². The van der Waals surface area contributed by atoms with Gasteiger partial charge in [0.2, 0.25) is 5.91 Å². The van der Waals surface area contributed by atoms with Crippen molar-refractivity contribution in [2.45, 2.75) is 32.8 Å². The first kappa shape index (κ1) is 17.0. The van der Waals surface area contributed by atoms with Crippen LogP contribution >= 0.6 is 0 Å². The van der Waals surface area contributed by atoms with Gasteiger partial charge in [-0.2, -0.15) is 0 Å². The molecular weight excluding hydrogens is 290 g/mol. The lowest BCUT2D eigenvalue weighted by Gasteiger charge is -2.15. The monoisotopic (exact) mass is 313 g/mol. The molecule has 0 radical (unpaired) electrons. The van der Waals surface area contributed by atoms with Crippen LogP contribution in [0.1, 0.15) is 31.4 Å². The van der Waals surface area contributed by atoms with Gasteiger partial charge < -0.3 is 15.5 Å². The fourth-order valence-corrected chi connectivity index (χ4v) is 2.25. The number of phenolic OH excluding ortho intramolecular Hbond substituents is 1. The van der Waals surface area contributed by atoms with Crippen LogP contribution < -0.4 is 5.32 Å². The molecule has 3 N–H and O–H groups in total. The van der Waals surface area contributed by atoms with E-state index in [2.05, 4.69) is 5.32 Å². The summed E-state index contributed by atoms with van der Waals surface area (Å²) in [5.74, 6) is -0.272. The quantitative estimate of drug-likeness (QED) is 0.716. The molecule has 0 bridgehead atoms. The Morgan fingerprint density at radius 1 is 1.09 bits per heavy atom. The molecular formula is C19H23NO3. The molecule has 1 atom stereocenters. The maximum atomic E-state index is 12.0. The summed E-state index contributed by atoms with van der Waals surface area (Å²) in [5.41, 5.74) is 2.53. The highest BCUT2D eigenvalue weighted by molar-refractivity contribution is 5.92. The molecule has 1 amide bonds. The molecule has 23 heavy (non-hydrogen) atoms. The molecule has 0 aromatic heterocycles. The van der Waals surface area contributed by atoms with Crippen LogP contribution in [0.2, 0.25) is 0 Å². The van der Waals surface area contributed by atoms with Gasteiger partial charge in [0.15, 0.2) is 0 Å². The van der Waals surface area contributed by atoms with Crippen molar-refractivity contribution >= 4 is 11.6 Å². The summed E-state index contributed by atoms with van der Waals surface area (Å²) in [6.07, 6.45) is 0.0446. The highest BCUT2D eigenvalue weighted by Crippen LogP contribution is 2.26. The van der Waals surface area contributed by atoms with Gasteiger partial charge in [0.1, 0.15) is 5.75 Å². The lowest BCUT2D eigenvalue weighted by molar-refractivity contribution is -0.118. The highest BCUT2D eigenvalue weighted by Gasteiger charge is 2.15. The highest BCUT2D eigenvalue weighted by atomic mass is 16.3. The fraction of sp³-hybridized carbons (Fsp3) is 0.316. The molecule has 0 saturated carbocycles. The molecule has 0 saturated heterocycles. The Labute approximate surface area is 136 Å². The van der Waals surface area contributed by atoms with Crippen molar-refractivity contribution in [2.24, 2.45) is 5.92 Å². The van der Waals surface area contributed by atoms with E-state index in [-0.39, 0.29) is 24.0 Å². The first-order chi connectivity index (χ1) is 11.0. The van der Waals surface area contributed by atoms with E-state index in [0.29, 0.717) is 5.69 Å². The molecule has 2 aromatic carbocycles. The second kappa shape index (κ2) is 7.79. The number of nitrogens with one attached hydrogen (secondary N) is 1. The predicted molar refractivity (Wildman–Crippen MR) is 91.4 cm³/mol. The Morgan fingerprint density at radius 3 is 2.43 bits per heavy atom. The lowest BCUT2D eigenvalue weighted by Crippen LogP contribution is -2.23. The molecule has 2 aromatic rings. The minimum atomic E-state index is -0.690. The number of benzene rings is 2. The summed E-state index contributed by atoms with van der Waals surface area (Å²) in [6.45, 7) is 3.71. The van der Waals surface area contributed by atoms with Crippen molar-refractivity contribution in [1.82, 2.24) is 0 Å². The molecule has 0 aliphatic rings. The Kier molecular flexibility index (Phi) is 5.77. The van der Waals surface area contributed by atoms with Gasteiger partial charge in [-0.15, -0.1) is 0 Å². The fourth-order valence-electron chi connectivity index (χ4n) is 2.25. The summed E-state index contributed by atoms with van der Waals surface area (Å²) in [6, 6.07) is 15.2. The number of hydrogen-bond donors (Lipinski definition) is 3. The van der Waals surface area contributed by atoms with Crippen LogP contribution in [0.25, 0.3) is 0 Å². The third-order valence-corrected chi connectivity index (χ3v) is 3.75. The summed E-state index contributed by atoms with van der Waals surface area (Å²) in [4.78, 5) is 12.0. The van der Waals surface area contributed by atoms with E-state index in [1.807, 2.05) is 50.2 Å². The zero-order valence-corrected chi connectivity index (χ0v) is 13.5. The average Bonchev–Trinajstić information content (AvgIpc) is 2.51. The number of aliphatic hydroxyl groups is 1. The number of amides is 1.